The average Bonchev–Trinajstić information content (AvgIpc) is 2.91. The molecule has 0 atom stereocenters. The van der Waals surface area contributed by atoms with Gasteiger partial charge in [0.05, 0.1) is 0 Å². The molecule has 0 radical (unpaired) electrons. The van der Waals surface area contributed by atoms with Crippen molar-refractivity contribution in [3.63, 3.8) is 0 Å². The average molecular weight is 335 g/mol. The molecule has 2 heterocycles. The van der Waals surface area contributed by atoms with Gasteiger partial charge in [-0.2, -0.15) is 5.10 Å². The van der Waals surface area contributed by atoms with Gasteiger partial charge in [0.2, 0.25) is 0 Å². The molecule has 1 aliphatic rings. The molecule has 1 aliphatic carbocycles. The van der Waals surface area contributed by atoms with Crippen molar-refractivity contribution in [1.82, 2.24) is 14.6 Å². The monoisotopic (exact) mass is 334 g/mol. The minimum absolute atomic E-state index is 0.427. The van der Waals surface area contributed by atoms with Crippen LogP contribution in [-0.2, 0) is 11.3 Å². The zero-order chi connectivity index (χ0) is 16.4. The van der Waals surface area contributed by atoms with Crippen molar-refractivity contribution in [1.29, 1.82) is 0 Å². The van der Waals surface area contributed by atoms with Crippen molar-refractivity contribution < 1.29 is 4.74 Å². The maximum Gasteiger partial charge on any atom is 0.157 e. The lowest BCUT2D eigenvalue weighted by Gasteiger charge is -2.14. The molecule has 3 rings (SSSR count). The number of pyridine rings is 1. The number of aromatic nitrogens is 3. The SMILES string of the molecule is CCOCc1nc2c(Cl)nc(C)c(C)c2n1N=C1CCCCC1. The summed E-state index contributed by atoms with van der Waals surface area (Å²) in [5.74, 6) is 0.789. The quantitative estimate of drug-likeness (QED) is 0.778. The summed E-state index contributed by atoms with van der Waals surface area (Å²) in [7, 11) is 0. The van der Waals surface area contributed by atoms with E-state index < -0.39 is 0 Å². The lowest BCUT2D eigenvalue weighted by atomic mass is 9.99. The van der Waals surface area contributed by atoms with Crippen LogP contribution in [0.15, 0.2) is 5.10 Å². The molecule has 2 aromatic rings. The summed E-state index contributed by atoms with van der Waals surface area (Å²) in [6.45, 7) is 7.06. The number of nitrogens with zero attached hydrogens (tertiary/aromatic N) is 4. The summed E-state index contributed by atoms with van der Waals surface area (Å²) in [6.07, 6.45) is 5.84. The predicted octanol–water partition coefficient (Wildman–Crippen LogP) is 4.41. The molecule has 1 fully saturated rings. The van der Waals surface area contributed by atoms with E-state index in [-0.39, 0.29) is 0 Å². The summed E-state index contributed by atoms with van der Waals surface area (Å²) in [5.41, 5.74) is 4.88. The van der Waals surface area contributed by atoms with Gasteiger partial charge in [0.25, 0.3) is 0 Å². The third-order valence-corrected chi connectivity index (χ3v) is 4.65. The van der Waals surface area contributed by atoms with Gasteiger partial charge >= 0.3 is 0 Å². The van der Waals surface area contributed by atoms with E-state index in [2.05, 4.69) is 9.97 Å². The second-order valence-electron chi connectivity index (χ2n) is 6.01. The molecule has 0 saturated heterocycles. The normalized spacial score (nSPS) is 15.4. The molecular weight excluding hydrogens is 312 g/mol. The molecule has 0 N–H and O–H groups in total. The Balaban J connectivity index is 2.18. The Morgan fingerprint density at radius 1 is 1.17 bits per heavy atom. The summed E-state index contributed by atoms with van der Waals surface area (Å²) in [5, 5.41) is 5.34. The Labute approximate surface area is 141 Å². The number of halogens is 1. The third-order valence-electron chi connectivity index (χ3n) is 4.39. The maximum atomic E-state index is 6.32. The lowest BCUT2D eigenvalue weighted by Crippen LogP contribution is -2.10. The molecule has 6 heteroatoms. The number of aryl methyl sites for hydroxylation is 2. The van der Waals surface area contributed by atoms with Gasteiger partial charge in [-0.15, -0.1) is 0 Å². The Hall–Kier alpha value is -1.46. The van der Waals surface area contributed by atoms with Crippen LogP contribution in [-0.4, -0.2) is 27.0 Å². The molecule has 0 bridgehead atoms. The minimum atomic E-state index is 0.427. The molecule has 23 heavy (non-hydrogen) atoms. The molecule has 0 amide bonds. The Bertz CT molecular complexity index is 743. The highest BCUT2D eigenvalue weighted by molar-refractivity contribution is 6.33. The largest absolute Gasteiger partial charge is 0.374 e. The second-order valence-corrected chi connectivity index (χ2v) is 6.37. The number of rotatable bonds is 4. The van der Waals surface area contributed by atoms with Crippen LogP contribution in [0.2, 0.25) is 5.15 Å². The first-order valence-electron chi connectivity index (χ1n) is 8.30. The highest BCUT2D eigenvalue weighted by atomic mass is 35.5. The summed E-state index contributed by atoms with van der Waals surface area (Å²) >= 11 is 6.32. The zero-order valence-electron chi connectivity index (χ0n) is 14.0. The number of hydrogen-bond donors (Lipinski definition) is 0. The van der Waals surface area contributed by atoms with Gasteiger partial charge in [-0.25, -0.2) is 14.6 Å². The first-order valence-corrected chi connectivity index (χ1v) is 8.68. The Kier molecular flexibility index (Phi) is 4.97. The third kappa shape index (κ3) is 3.26. The van der Waals surface area contributed by atoms with E-state index in [1.165, 1.54) is 25.0 Å². The number of ether oxygens (including phenoxy) is 1. The van der Waals surface area contributed by atoms with Crippen LogP contribution in [0.5, 0.6) is 0 Å². The van der Waals surface area contributed by atoms with Crippen LogP contribution in [0.1, 0.15) is 56.1 Å². The van der Waals surface area contributed by atoms with Crippen LogP contribution < -0.4 is 0 Å². The molecule has 2 aromatic heterocycles. The van der Waals surface area contributed by atoms with Crippen molar-refractivity contribution in [3.05, 3.63) is 22.2 Å². The van der Waals surface area contributed by atoms with Gasteiger partial charge < -0.3 is 4.74 Å². The fourth-order valence-corrected chi connectivity index (χ4v) is 3.25. The van der Waals surface area contributed by atoms with E-state index >= 15 is 0 Å². The van der Waals surface area contributed by atoms with Crippen LogP contribution in [0.25, 0.3) is 11.0 Å². The zero-order valence-corrected chi connectivity index (χ0v) is 14.8. The summed E-state index contributed by atoms with van der Waals surface area (Å²) in [6, 6.07) is 0. The van der Waals surface area contributed by atoms with Crippen molar-refractivity contribution in [2.75, 3.05) is 6.61 Å². The van der Waals surface area contributed by atoms with E-state index in [1.54, 1.807) is 0 Å². The van der Waals surface area contributed by atoms with E-state index in [1.807, 2.05) is 25.4 Å². The van der Waals surface area contributed by atoms with Crippen molar-refractivity contribution in [3.8, 4) is 0 Å². The van der Waals surface area contributed by atoms with Crippen LogP contribution in [0.3, 0.4) is 0 Å². The molecule has 5 nitrogen and oxygen atoms in total. The van der Waals surface area contributed by atoms with Crippen LogP contribution in [0, 0.1) is 13.8 Å². The van der Waals surface area contributed by atoms with Crippen LogP contribution >= 0.6 is 11.6 Å². The van der Waals surface area contributed by atoms with Gasteiger partial charge in [0, 0.05) is 18.0 Å². The standard InChI is InChI=1S/C17H23ClN4O/c1-4-23-10-14-20-15-16(11(2)12(3)19-17(15)18)22(14)21-13-8-6-5-7-9-13/h4-10H2,1-3H3. The Morgan fingerprint density at radius 3 is 2.61 bits per heavy atom. The van der Waals surface area contributed by atoms with Crippen molar-refractivity contribution in [2.45, 2.75) is 59.5 Å². The minimum Gasteiger partial charge on any atom is -0.374 e. The fourth-order valence-electron chi connectivity index (χ4n) is 2.99. The van der Waals surface area contributed by atoms with Gasteiger partial charge in [-0.3, -0.25) is 0 Å². The van der Waals surface area contributed by atoms with Gasteiger partial charge in [0.15, 0.2) is 11.0 Å². The number of imidazole rings is 1. The molecular formula is C17H23ClN4O. The molecule has 0 aromatic carbocycles. The van der Waals surface area contributed by atoms with Gasteiger partial charge in [0.1, 0.15) is 17.6 Å². The van der Waals surface area contributed by atoms with E-state index in [0.717, 1.165) is 35.4 Å². The molecule has 124 valence electrons. The van der Waals surface area contributed by atoms with E-state index in [0.29, 0.717) is 23.9 Å². The summed E-state index contributed by atoms with van der Waals surface area (Å²) in [4.78, 5) is 9.04. The molecule has 0 aliphatic heterocycles. The lowest BCUT2D eigenvalue weighted by molar-refractivity contribution is 0.126. The number of fused-ring (bicyclic) bond motifs is 1. The number of hydrogen-bond acceptors (Lipinski definition) is 4. The first-order chi connectivity index (χ1) is 11.1. The molecule has 0 spiro atoms. The van der Waals surface area contributed by atoms with Crippen LogP contribution in [0.4, 0.5) is 0 Å². The molecule has 1 saturated carbocycles. The second kappa shape index (κ2) is 6.97. The van der Waals surface area contributed by atoms with Gasteiger partial charge in [-0.1, -0.05) is 18.0 Å². The highest BCUT2D eigenvalue weighted by Crippen LogP contribution is 2.28. The topological polar surface area (TPSA) is 52.3 Å². The van der Waals surface area contributed by atoms with Gasteiger partial charge in [-0.05, 0) is 52.0 Å². The highest BCUT2D eigenvalue weighted by Gasteiger charge is 2.19. The first kappa shape index (κ1) is 16.4. The predicted molar refractivity (Wildman–Crippen MR) is 93.3 cm³/mol. The Morgan fingerprint density at radius 2 is 1.91 bits per heavy atom. The summed E-state index contributed by atoms with van der Waals surface area (Å²) < 4.78 is 7.50. The maximum absolute atomic E-state index is 6.32. The van der Waals surface area contributed by atoms with E-state index in [4.69, 9.17) is 21.4 Å². The fraction of sp³-hybridized carbons (Fsp3) is 0.588. The van der Waals surface area contributed by atoms with Crippen molar-refractivity contribution in [2.24, 2.45) is 5.10 Å². The van der Waals surface area contributed by atoms with Crippen molar-refractivity contribution >= 4 is 28.3 Å². The molecule has 0 unspecified atom stereocenters. The van der Waals surface area contributed by atoms with E-state index in [9.17, 15) is 0 Å². The smallest absolute Gasteiger partial charge is 0.157 e.